The van der Waals surface area contributed by atoms with Crippen molar-refractivity contribution in [2.45, 2.75) is 31.3 Å². The molecule has 1 heterocycles. The third-order valence-electron chi connectivity index (χ3n) is 4.30. The van der Waals surface area contributed by atoms with Crippen LogP contribution in [0.2, 0.25) is 5.02 Å². The van der Waals surface area contributed by atoms with E-state index in [-0.39, 0.29) is 0 Å². The number of nitrogens with one attached hydrogen (secondary N) is 1. The van der Waals surface area contributed by atoms with Crippen LogP contribution in [0.5, 0.6) is 0 Å². The highest BCUT2D eigenvalue weighted by Gasteiger charge is 2.35. The molecule has 0 bridgehead atoms. The van der Waals surface area contributed by atoms with E-state index in [2.05, 4.69) is 45.3 Å². The lowest BCUT2D eigenvalue weighted by Crippen LogP contribution is -2.29. The SMILES string of the molecule is CN1CCC(CNC2CC2)C1c1ccc(Br)cc1Cl. The van der Waals surface area contributed by atoms with Crippen molar-refractivity contribution in [3.8, 4) is 0 Å². The van der Waals surface area contributed by atoms with Gasteiger partial charge in [0.1, 0.15) is 0 Å². The molecule has 1 aliphatic carbocycles. The maximum atomic E-state index is 6.44. The van der Waals surface area contributed by atoms with Gasteiger partial charge >= 0.3 is 0 Å². The molecule has 4 heteroatoms. The van der Waals surface area contributed by atoms with Gasteiger partial charge in [-0.25, -0.2) is 0 Å². The quantitative estimate of drug-likeness (QED) is 0.893. The highest BCUT2D eigenvalue weighted by Crippen LogP contribution is 2.40. The van der Waals surface area contributed by atoms with Crippen LogP contribution in [-0.4, -0.2) is 31.1 Å². The Morgan fingerprint density at radius 1 is 1.37 bits per heavy atom. The third kappa shape index (κ3) is 3.15. The second kappa shape index (κ2) is 5.72. The van der Waals surface area contributed by atoms with E-state index in [4.69, 9.17) is 11.6 Å². The van der Waals surface area contributed by atoms with Gasteiger partial charge in [-0.1, -0.05) is 33.6 Å². The van der Waals surface area contributed by atoms with Crippen molar-refractivity contribution in [2.75, 3.05) is 20.1 Å². The number of halogens is 2. The lowest BCUT2D eigenvalue weighted by atomic mass is 9.93. The second-order valence-electron chi connectivity index (χ2n) is 5.82. The fourth-order valence-corrected chi connectivity index (χ4v) is 3.86. The van der Waals surface area contributed by atoms with E-state index >= 15 is 0 Å². The lowest BCUT2D eigenvalue weighted by molar-refractivity contribution is 0.272. The first-order chi connectivity index (χ1) is 9.15. The summed E-state index contributed by atoms with van der Waals surface area (Å²) in [5.74, 6) is 0.671. The first-order valence-corrected chi connectivity index (χ1v) is 8.21. The Hall–Kier alpha value is -0.0900. The van der Waals surface area contributed by atoms with Crippen LogP contribution in [-0.2, 0) is 0 Å². The summed E-state index contributed by atoms with van der Waals surface area (Å²) in [6, 6.07) is 7.51. The Kier molecular flexibility index (Phi) is 4.18. The van der Waals surface area contributed by atoms with Crippen LogP contribution in [0.4, 0.5) is 0 Å². The summed E-state index contributed by atoms with van der Waals surface area (Å²) in [6.45, 7) is 2.28. The monoisotopic (exact) mass is 342 g/mol. The molecule has 104 valence electrons. The molecule has 1 aromatic rings. The fourth-order valence-electron chi connectivity index (χ4n) is 3.08. The standard InChI is InChI=1S/C15H20BrClN2/c1-19-7-6-10(9-18-12-3-4-12)15(19)13-5-2-11(16)8-14(13)17/h2,5,8,10,12,15,18H,3-4,6-7,9H2,1H3. The molecule has 2 atom stereocenters. The van der Waals surface area contributed by atoms with Gasteiger partial charge in [0.15, 0.2) is 0 Å². The number of benzene rings is 1. The van der Waals surface area contributed by atoms with Gasteiger partial charge in [-0.3, -0.25) is 4.90 Å². The van der Waals surface area contributed by atoms with E-state index in [0.717, 1.165) is 28.6 Å². The van der Waals surface area contributed by atoms with Gasteiger partial charge in [-0.2, -0.15) is 0 Å². The zero-order valence-electron chi connectivity index (χ0n) is 11.2. The molecule has 2 nitrogen and oxygen atoms in total. The largest absolute Gasteiger partial charge is 0.314 e. The third-order valence-corrected chi connectivity index (χ3v) is 5.12. The lowest BCUT2D eigenvalue weighted by Gasteiger charge is -2.27. The number of hydrogen-bond donors (Lipinski definition) is 1. The van der Waals surface area contributed by atoms with E-state index in [1.54, 1.807) is 0 Å². The second-order valence-corrected chi connectivity index (χ2v) is 7.15. The molecule has 1 saturated heterocycles. The molecule has 1 aliphatic heterocycles. The van der Waals surface area contributed by atoms with Crippen molar-refractivity contribution in [3.63, 3.8) is 0 Å². The van der Waals surface area contributed by atoms with Crippen LogP contribution in [0, 0.1) is 5.92 Å². The maximum Gasteiger partial charge on any atom is 0.0465 e. The normalized spacial score (nSPS) is 27.9. The highest BCUT2D eigenvalue weighted by atomic mass is 79.9. The van der Waals surface area contributed by atoms with Crippen LogP contribution in [0.1, 0.15) is 30.9 Å². The van der Waals surface area contributed by atoms with Crippen LogP contribution >= 0.6 is 27.5 Å². The Balaban J connectivity index is 1.77. The minimum atomic E-state index is 0.451. The number of rotatable bonds is 4. The molecule has 2 fully saturated rings. The molecule has 0 spiro atoms. The number of hydrogen-bond acceptors (Lipinski definition) is 2. The zero-order chi connectivity index (χ0) is 13.4. The van der Waals surface area contributed by atoms with Gasteiger partial charge < -0.3 is 5.32 Å². The van der Waals surface area contributed by atoms with Crippen molar-refractivity contribution in [1.82, 2.24) is 10.2 Å². The first-order valence-electron chi connectivity index (χ1n) is 7.03. The molecular formula is C15H20BrClN2. The van der Waals surface area contributed by atoms with E-state index in [9.17, 15) is 0 Å². The molecule has 0 radical (unpaired) electrons. The van der Waals surface area contributed by atoms with Gasteiger partial charge in [-0.15, -0.1) is 0 Å². The molecule has 1 saturated carbocycles. The minimum absolute atomic E-state index is 0.451. The van der Waals surface area contributed by atoms with E-state index in [1.807, 2.05) is 6.07 Å². The van der Waals surface area contributed by atoms with Gasteiger partial charge in [0, 0.05) is 28.1 Å². The maximum absolute atomic E-state index is 6.44. The van der Waals surface area contributed by atoms with E-state index in [0.29, 0.717) is 12.0 Å². The molecule has 1 N–H and O–H groups in total. The van der Waals surface area contributed by atoms with Gasteiger partial charge in [-0.05, 0) is 56.5 Å². The molecule has 1 aromatic carbocycles. The average Bonchev–Trinajstić information content (AvgIpc) is 3.12. The predicted octanol–water partition coefficient (Wildman–Crippen LogP) is 3.85. The summed E-state index contributed by atoms with van der Waals surface area (Å²) in [4.78, 5) is 2.44. The molecule has 2 unspecified atom stereocenters. The highest BCUT2D eigenvalue weighted by molar-refractivity contribution is 9.10. The first kappa shape index (κ1) is 13.9. The van der Waals surface area contributed by atoms with Crippen LogP contribution in [0.3, 0.4) is 0 Å². The fraction of sp³-hybridized carbons (Fsp3) is 0.600. The Bertz CT molecular complexity index is 461. The van der Waals surface area contributed by atoms with Crippen molar-refractivity contribution >= 4 is 27.5 Å². The topological polar surface area (TPSA) is 15.3 Å². The number of likely N-dealkylation sites (tertiary alicyclic amines) is 1. The van der Waals surface area contributed by atoms with Crippen LogP contribution in [0.15, 0.2) is 22.7 Å². The minimum Gasteiger partial charge on any atom is -0.314 e. The Morgan fingerprint density at radius 3 is 2.84 bits per heavy atom. The molecule has 0 aromatic heterocycles. The number of nitrogens with zero attached hydrogens (tertiary/aromatic N) is 1. The smallest absolute Gasteiger partial charge is 0.0465 e. The van der Waals surface area contributed by atoms with Crippen molar-refractivity contribution in [3.05, 3.63) is 33.3 Å². The molecule has 3 rings (SSSR count). The Morgan fingerprint density at radius 2 is 2.16 bits per heavy atom. The average molecular weight is 344 g/mol. The molecule has 19 heavy (non-hydrogen) atoms. The van der Waals surface area contributed by atoms with Gasteiger partial charge in [0.25, 0.3) is 0 Å². The van der Waals surface area contributed by atoms with E-state index in [1.165, 1.54) is 24.8 Å². The van der Waals surface area contributed by atoms with Gasteiger partial charge in [0.2, 0.25) is 0 Å². The van der Waals surface area contributed by atoms with Crippen molar-refractivity contribution < 1.29 is 0 Å². The zero-order valence-corrected chi connectivity index (χ0v) is 13.5. The summed E-state index contributed by atoms with van der Waals surface area (Å²) >= 11 is 9.92. The summed E-state index contributed by atoms with van der Waals surface area (Å²) in [6.07, 6.45) is 3.96. The van der Waals surface area contributed by atoms with E-state index < -0.39 is 0 Å². The van der Waals surface area contributed by atoms with Crippen LogP contribution < -0.4 is 5.32 Å². The summed E-state index contributed by atoms with van der Waals surface area (Å²) < 4.78 is 1.05. The summed E-state index contributed by atoms with van der Waals surface area (Å²) in [5.41, 5.74) is 1.27. The molecule has 0 amide bonds. The van der Waals surface area contributed by atoms with Crippen LogP contribution in [0.25, 0.3) is 0 Å². The molecular weight excluding hydrogens is 324 g/mol. The van der Waals surface area contributed by atoms with Crippen molar-refractivity contribution in [1.29, 1.82) is 0 Å². The van der Waals surface area contributed by atoms with Crippen molar-refractivity contribution in [2.24, 2.45) is 5.92 Å². The molecule has 2 aliphatic rings. The summed E-state index contributed by atoms with van der Waals surface area (Å²) in [7, 11) is 2.21. The Labute approximate surface area is 128 Å². The van der Waals surface area contributed by atoms with Gasteiger partial charge in [0.05, 0.1) is 0 Å². The predicted molar refractivity (Wildman–Crippen MR) is 83.7 cm³/mol. The summed E-state index contributed by atoms with van der Waals surface area (Å²) in [5, 5.41) is 4.55.